The van der Waals surface area contributed by atoms with Crippen molar-refractivity contribution in [1.82, 2.24) is 9.97 Å². The number of amides is 1. The van der Waals surface area contributed by atoms with Crippen molar-refractivity contribution in [3.8, 4) is 5.75 Å². The summed E-state index contributed by atoms with van der Waals surface area (Å²) >= 11 is 0. The maximum Gasteiger partial charge on any atom is 0.274 e. The van der Waals surface area contributed by atoms with E-state index in [1.165, 1.54) is 18.3 Å². The third-order valence-electron chi connectivity index (χ3n) is 3.95. The molecule has 0 saturated carbocycles. The summed E-state index contributed by atoms with van der Waals surface area (Å²) in [4.78, 5) is 20.7. The van der Waals surface area contributed by atoms with Crippen molar-refractivity contribution in [2.24, 2.45) is 0 Å². The maximum absolute atomic E-state index is 13.6. The number of nitrogens with one attached hydrogen (secondary N) is 2. The number of rotatable bonds is 8. The maximum atomic E-state index is 13.6. The van der Waals surface area contributed by atoms with Crippen LogP contribution in [-0.2, 0) is 6.42 Å². The fourth-order valence-electron chi connectivity index (χ4n) is 2.58. The molecule has 0 radical (unpaired) electrons. The van der Waals surface area contributed by atoms with Crippen molar-refractivity contribution < 1.29 is 13.9 Å². The normalized spacial score (nSPS) is 10.4. The number of carbonyl (C=O) groups is 1. The van der Waals surface area contributed by atoms with Crippen LogP contribution in [-0.4, -0.2) is 29.0 Å². The van der Waals surface area contributed by atoms with Crippen LogP contribution < -0.4 is 15.4 Å². The molecule has 0 spiro atoms. The first kappa shape index (κ1) is 19.3. The van der Waals surface area contributed by atoms with Crippen LogP contribution in [0, 0.1) is 5.82 Å². The second-order valence-electron chi connectivity index (χ2n) is 5.95. The summed E-state index contributed by atoms with van der Waals surface area (Å²) < 4.78 is 19.0. The second kappa shape index (κ2) is 9.45. The predicted molar refractivity (Wildman–Crippen MR) is 106 cm³/mol. The summed E-state index contributed by atoms with van der Waals surface area (Å²) in [5.41, 5.74) is 1.48. The standard InChI is InChI=1S/C21H21FN4O2/c1-2-28-17-9-7-16(8-10-17)25-20(27)19-12-14-24-21(26-19)23-13-11-15-5-3-4-6-18(15)22/h3-10,12,14H,2,11,13H2,1H3,(H,25,27)(H,23,24,26). The smallest absolute Gasteiger partial charge is 0.274 e. The first-order valence-corrected chi connectivity index (χ1v) is 9.00. The Labute approximate surface area is 162 Å². The van der Waals surface area contributed by atoms with Crippen LogP contribution in [0.15, 0.2) is 60.8 Å². The first-order chi connectivity index (χ1) is 13.7. The Morgan fingerprint density at radius 2 is 1.89 bits per heavy atom. The van der Waals surface area contributed by atoms with Crippen LogP contribution in [0.2, 0.25) is 0 Å². The van der Waals surface area contributed by atoms with Gasteiger partial charge in [-0.1, -0.05) is 18.2 Å². The molecular weight excluding hydrogens is 359 g/mol. The number of ether oxygens (including phenoxy) is 1. The molecule has 0 bridgehead atoms. The molecule has 0 aliphatic carbocycles. The van der Waals surface area contributed by atoms with Gasteiger partial charge < -0.3 is 15.4 Å². The second-order valence-corrected chi connectivity index (χ2v) is 5.95. The van der Waals surface area contributed by atoms with E-state index in [1.54, 1.807) is 42.5 Å². The fourth-order valence-corrected chi connectivity index (χ4v) is 2.58. The number of hydrogen-bond donors (Lipinski definition) is 2. The molecule has 3 rings (SSSR count). The number of benzene rings is 2. The van der Waals surface area contributed by atoms with Crippen molar-refractivity contribution in [3.05, 3.63) is 77.9 Å². The van der Waals surface area contributed by atoms with E-state index >= 15 is 0 Å². The van der Waals surface area contributed by atoms with Gasteiger partial charge in [-0.25, -0.2) is 14.4 Å². The van der Waals surface area contributed by atoms with Gasteiger partial charge in [-0.2, -0.15) is 0 Å². The van der Waals surface area contributed by atoms with Gasteiger partial charge in [0.1, 0.15) is 17.3 Å². The van der Waals surface area contributed by atoms with Gasteiger partial charge in [0.25, 0.3) is 5.91 Å². The first-order valence-electron chi connectivity index (χ1n) is 9.00. The largest absolute Gasteiger partial charge is 0.494 e. The highest BCUT2D eigenvalue weighted by Crippen LogP contribution is 2.16. The van der Waals surface area contributed by atoms with Crippen molar-refractivity contribution in [2.45, 2.75) is 13.3 Å². The zero-order valence-electron chi connectivity index (χ0n) is 15.5. The van der Waals surface area contributed by atoms with E-state index in [1.807, 2.05) is 6.92 Å². The van der Waals surface area contributed by atoms with E-state index in [0.29, 0.717) is 36.8 Å². The van der Waals surface area contributed by atoms with Crippen LogP contribution >= 0.6 is 0 Å². The SMILES string of the molecule is CCOc1ccc(NC(=O)c2ccnc(NCCc3ccccc3F)n2)cc1. The molecule has 7 heteroatoms. The van der Waals surface area contributed by atoms with Gasteiger partial charge in [-0.3, -0.25) is 4.79 Å². The monoisotopic (exact) mass is 380 g/mol. The van der Waals surface area contributed by atoms with E-state index in [-0.39, 0.29) is 17.4 Å². The Kier molecular flexibility index (Phi) is 6.51. The molecule has 28 heavy (non-hydrogen) atoms. The van der Waals surface area contributed by atoms with Crippen LogP contribution in [0.3, 0.4) is 0 Å². The van der Waals surface area contributed by atoms with E-state index in [4.69, 9.17) is 4.74 Å². The molecular formula is C21H21FN4O2. The Balaban J connectivity index is 1.57. The highest BCUT2D eigenvalue weighted by atomic mass is 19.1. The van der Waals surface area contributed by atoms with Gasteiger partial charge in [-0.05, 0) is 55.3 Å². The van der Waals surface area contributed by atoms with Gasteiger partial charge in [-0.15, -0.1) is 0 Å². The lowest BCUT2D eigenvalue weighted by Crippen LogP contribution is -2.16. The highest BCUT2D eigenvalue weighted by Gasteiger charge is 2.10. The van der Waals surface area contributed by atoms with Gasteiger partial charge in [0, 0.05) is 18.4 Å². The number of hydrogen-bond acceptors (Lipinski definition) is 5. The number of halogens is 1. The van der Waals surface area contributed by atoms with Gasteiger partial charge >= 0.3 is 0 Å². The Morgan fingerprint density at radius 3 is 2.64 bits per heavy atom. The zero-order valence-corrected chi connectivity index (χ0v) is 15.5. The number of nitrogens with zero attached hydrogens (tertiary/aromatic N) is 2. The molecule has 1 amide bonds. The molecule has 0 unspecified atom stereocenters. The minimum atomic E-state index is -0.344. The number of carbonyl (C=O) groups excluding carboxylic acids is 1. The number of anilines is 2. The van der Waals surface area contributed by atoms with E-state index in [0.717, 1.165) is 5.75 Å². The lowest BCUT2D eigenvalue weighted by Gasteiger charge is -2.08. The van der Waals surface area contributed by atoms with E-state index < -0.39 is 0 Å². The Bertz CT molecular complexity index is 932. The summed E-state index contributed by atoms with van der Waals surface area (Å²) in [6.07, 6.45) is 1.99. The lowest BCUT2D eigenvalue weighted by atomic mass is 10.1. The third-order valence-corrected chi connectivity index (χ3v) is 3.95. The Morgan fingerprint density at radius 1 is 1.11 bits per heavy atom. The van der Waals surface area contributed by atoms with Crippen molar-refractivity contribution >= 4 is 17.5 Å². The summed E-state index contributed by atoms with van der Waals surface area (Å²) in [6, 6.07) is 15.2. The van der Waals surface area contributed by atoms with Gasteiger partial charge in [0.15, 0.2) is 0 Å². The Hall–Kier alpha value is -3.48. The van der Waals surface area contributed by atoms with E-state index in [2.05, 4.69) is 20.6 Å². The molecule has 1 heterocycles. The van der Waals surface area contributed by atoms with Crippen LogP contribution in [0.1, 0.15) is 23.0 Å². The van der Waals surface area contributed by atoms with Gasteiger partial charge in [0.2, 0.25) is 5.95 Å². The molecule has 2 aromatic carbocycles. The minimum absolute atomic E-state index is 0.234. The summed E-state index contributed by atoms with van der Waals surface area (Å²) in [5.74, 6) is 0.469. The molecule has 3 aromatic rings. The summed E-state index contributed by atoms with van der Waals surface area (Å²) in [7, 11) is 0. The molecule has 0 aliphatic rings. The molecule has 144 valence electrons. The highest BCUT2D eigenvalue weighted by molar-refractivity contribution is 6.02. The topological polar surface area (TPSA) is 76.1 Å². The molecule has 0 fully saturated rings. The average Bonchev–Trinajstić information content (AvgIpc) is 2.71. The molecule has 1 aromatic heterocycles. The predicted octanol–water partition coefficient (Wildman–Crippen LogP) is 3.92. The molecule has 0 aliphatic heterocycles. The minimum Gasteiger partial charge on any atom is -0.494 e. The third kappa shape index (κ3) is 5.26. The molecule has 0 atom stereocenters. The quantitative estimate of drug-likeness (QED) is 0.619. The van der Waals surface area contributed by atoms with Crippen LogP contribution in [0.5, 0.6) is 5.75 Å². The molecule has 2 N–H and O–H groups in total. The van der Waals surface area contributed by atoms with Gasteiger partial charge in [0.05, 0.1) is 6.61 Å². The molecule has 0 saturated heterocycles. The average molecular weight is 380 g/mol. The van der Waals surface area contributed by atoms with Crippen molar-refractivity contribution in [3.63, 3.8) is 0 Å². The fraction of sp³-hybridized carbons (Fsp3) is 0.190. The van der Waals surface area contributed by atoms with Crippen LogP contribution in [0.25, 0.3) is 0 Å². The van der Waals surface area contributed by atoms with E-state index in [9.17, 15) is 9.18 Å². The van der Waals surface area contributed by atoms with Crippen molar-refractivity contribution in [2.75, 3.05) is 23.8 Å². The summed E-state index contributed by atoms with van der Waals surface area (Å²) in [5, 5.41) is 5.80. The zero-order chi connectivity index (χ0) is 19.8. The van der Waals surface area contributed by atoms with Crippen LogP contribution in [0.4, 0.5) is 16.0 Å². The number of aromatic nitrogens is 2. The lowest BCUT2D eigenvalue weighted by molar-refractivity contribution is 0.102. The summed E-state index contributed by atoms with van der Waals surface area (Å²) in [6.45, 7) is 2.94. The molecule has 6 nitrogen and oxygen atoms in total. The van der Waals surface area contributed by atoms with Crippen molar-refractivity contribution in [1.29, 1.82) is 0 Å².